The minimum Gasteiger partial charge on any atom is -0.482 e. The summed E-state index contributed by atoms with van der Waals surface area (Å²) >= 11 is 13.7. The summed E-state index contributed by atoms with van der Waals surface area (Å²) < 4.78 is 12.2. The number of rotatable bonds is 9. The van der Waals surface area contributed by atoms with Crippen molar-refractivity contribution in [1.29, 1.82) is 0 Å². The van der Waals surface area contributed by atoms with Gasteiger partial charge >= 0.3 is 0 Å². The van der Waals surface area contributed by atoms with Gasteiger partial charge in [0.1, 0.15) is 5.75 Å². The van der Waals surface area contributed by atoms with E-state index in [1.165, 1.54) is 16.9 Å². The van der Waals surface area contributed by atoms with Crippen molar-refractivity contribution in [2.75, 3.05) is 50.9 Å². The molecule has 0 saturated carbocycles. The number of aromatic nitrogens is 1. The number of aryl methyl sites for hydroxylation is 1. The summed E-state index contributed by atoms with van der Waals surface area (Å²) in [4.78, 5) is 22.1. The zero-order chi connectivity index (χ0) is 23.2. The summed E-state index contributed by atoms with van der Waals surface area (Å²) in [7, 11) is 0. The van der Waals surface area contributed by atoms with E-state index in [0.29, 0.717) is 27.5 Å². The van der Waals surface area contributed by atoms with Crippen molar-refractivity contribution < 1.29 is 14.3 Å². The third kappa shape index (κ3) is 6.37. The number of nitrogens with zero attached hydrogens (tertiary/aromatic N) is 3. The lowest BCUT2D eigenvalue weighted by molar-refractivity contribution is -0.120. The van der Waals surface area contributed by atoms with Crippen LogP contribution in [0.2, 0.25) is 10.0 Å². The van der Waals surface area contributed by atoms with Crippen LogP contribution >= 0.6 is 34.5 Å². The van der Waals surface area contributed by atoms with Crippen LogP contribution in [0.5, 0.6) is 5.75 Å². The molecule has 2 aromatic carbocycles. The van der Waals surface area contributed by atoms with Gasteiger partial charge in [-0.1, -0.05) is 47.5 Å². The zero-order valence-corrected chi connectivity index (χ0v) is 20.9. The SMILES string of the molecule is CCc1ccc2nc(N(CCCN3CCOCC3)C(=O)COc3ccc(Cl)cc3Cl)sc2c1. The molecule has 33 heavy (non-hydrogen) atoms. The van der Waals surface area contributed by atoms with Crippen molar-refractivity contribution in [1.82, 2.24) is 9.88 Å². The number of hydrogen-bond acceptors (Lipinski definition) is 6. The third-order valence-corrected chi connectivity index (χ3v) is 7.16. The molecule has 0 radical (unpaired) electrons. The van der Waals surface area contributed by atoms with Crippen LogP contribution in [-0.4, -0.2) is 61.8 Å². The lowest BCUT2D eigenvalue weighted by Gasteiger charge is -2.27. The molecule has 1 amide bonds. The quantitative estimate of drug-likeness (QED) is 0.393. The first-order valence-electron chi connectivity index (χ1n) is 11.1. The van der Waals surface area contributed by atoms with Crippen molar-refractivity contribution in [3.8, 4) is 5.75 Å². The maximum atomic E-state index is 13.2. The Kier molecular flexibility index (Phi) is 8.44. The molecule has 3 aromatic rings. The fourth-order valence-electron chi connectivity index (χ4n) is 3.71. The number of halogens is 2. The van der Waals surface area contributed by atoms with Gasteiger partial charge < -0.3 is 9.47 Å². The minimum absolute atomic E-state index is 0.130. The summed E-state index contributed by atoms with van der Waals surface area (Å²) in [5, 5.41) is 1.58. The molecule has 1 aliphatic heterocycles. The van der Waals surface area contributed by atoms with E-state index in [1.807, 2.05) is 6.07 Å². The standard InChI is InChI=1S/C24H27Cl2N3O3S/c1-2-17-4-6-20-22(14-17)33-24(27-20)29(9-3-8-28-10-12-31-13-11-28)23(30)16-32-21-7-5-18(25)15-19(21)26/h4-7,14-15H,2-3,8-13,16H2,1H3. The molecule has 1 aliphatic rings. The van der Waals surface area contributed by atoms with Crippen molar-refractivity contribution in [2.24, 2.45) is 0 Å². The van der Waals surface area contributed by atoms with Crippen LogP contribution in [0.1, 0.15) is 18.9 Å². The molecule has 0 bridgehead atoms. The lowest BCUT2D eigenvalue weighted by Crippen LogP contribution is -2.40. The van der Waals surface area contributed by atoms with Crippen molar-refractivity contribution in [3.63, 3.8) is 0 Å². The Hall–Kier alpha value is -1.90. The molecule has 0 spiro atoms. The first-order chi connectivity index (χ1) is 16.0. The highest BCUT2D eigenvalue weighted by Gasteiger charge is 2.21. The minimum atomic E-state index is -0.155. The second-order valence-corrected chi connectivity index (χ2v) is 9.72. The average Bonchev–Trinajstić information content (AvgIpc) is 3.24. The van der Waals surface area contributed by atoms with Crippen LogP contribution < -0.4 is 9.64 Å². The summed E-state index contributed by atoms with van der Waals surface area (Å²) in [6.45, 7) is 6.83. The van der Waals surface area contributed by atoms with E-state index in [2.05, 4.69) is 24.0 Å². The monoisotopic (exact) mass is 507 g/mol. The number of thiazole rings is 1. The Morgan fingerprint density at radius 3 is 2.79 bits per heavy atom. The fourth-order valence-corrected chi connectivity index (χ4v) is 5.24. The van der Waals surface area contributed by atoms with Crippen LogP contribution in [0.25, 0.3) is 10.2 Å². The molecule has 6 nitrogen and oxygen atoms in total. The van der Waals surface area contributed by atoms with E-state index >= 15 is 0 Å². The molecular formula is C24H27Cl2N3O3S. The predicted molar refractivity (Wildman–Crippen MR) is 135 cm³/mol. The van der Waals surface area contributed by atoms with Gasteiger partial charge in [-0.25, -0.2) is 4.98 Å². The maximum absolute atomic E-state index is 13.2. The van der Waals surface area contributed by atoms with Gasteiger partial charge in [0, 0.05) is 31.2 Å². The van der Waals surface area contributed by atoms with E-state index < -0.39 is 0 Å². The average molecular weight is 508 g/mol. The molecule has 0 aliphatic carbocycles. The molecule has 0 unspecified atom stereocenters. The zero-order valence-electron chi connectivity index (χ0n) is 18.6. The van der Waals surface area contributed by atoms with Crippen LogP contribution in [0.3, 0.4) is 0 Å². The highest BCUT2D eigenvalue weighted by Crippen LogP contribution is 2.31. The summed E-state index contributed by atoms with van der Waals surface area (Å²) in [5.41, 5.74) is 2.16. The number of amides is 1. The molecule has 1 saturated heterocycles. The lowest BCUT2D eigenvalue weighted by atomic mass is 10.2. The molecule has 176 valence electrons. The summed E-state index contributed by atoms with van der Waals surface area (Å²) in [6, 6.07) is 11.2. The molecule has 2 heterocycles. The number of ether oxygens (including phenoxy) is 2. The number of anilines is 1. The summed E-state index contributed by atoms with van der Waals surface area (Å²) in [6.07, 6.45) is 1.80. The van der Waals surface area contributed by atoms with Crippen molar-refractivity contribution in [2.45, 2.75) is 19.8 Å². The van der Waals surface area contributed by atoms with Crippen LogP contribution in [0.4, 0.5) is 5.13 Å². The van der Waals surface area contributed by atoms with E-state index in [9.17, 15) is 4.79 Å². The van der Waals surface area contributed by atoms with Gasteiger partial charge in [0.25, 0.3) is 5.91 Å². The fraction of sp³-hybridized carbons (Fsp3) is 0.417. The third-order valence-electron chi connectivity index (χ3n) is 5.59. The molecule has 1 fully saturated rings. The van der Waals surface area contributed by atoms with E-state index in [4.69, 9.17) is 37.7 Å². The van der Waals surface area contributed by atoms with Gasteiger partial charge in [0.05, 0.1) is 28.5 Å². The van der Waals surface area contributed by atoms with Crippen LogP contribution in [0, 0.1) is 0 Å². The number of carbonyl (C=O) groups excluding carboxylic acids is 1. The molecule has 1 aromatic heterocycles. The number of morpholine rings is 1. The largest absolute Gasteiger partial charge is 0.482 e. The van der Waals surface area contributed by atoms with Crippen LogP contribution in [-0.2, 0) is 16.0 Å². The Labute approximate surface area is 208 Å². The second-order valence-electron chi connectivity index (χ2n) is 7.87. The second kappa shape index (κ2) is 11.5. The van der Waals surface area contributed by atoms with Gasteiger partial charge in [-0.05, 0) is 48.7 Å². The van der Waals surface area contributed by atoms with Crippen LogP contribution in [0.15, 0.2) is 36.4 Å². The Morgan fingerprint density at radius 2 is 2.03 bits per heavy atom. The molecule has 4 rings (SSSR count). The van der Waals surface area contributed by atoms with Gasteiger partial charge in [-0.15, -0.1) is 0 Å². The van der Waals surface area contributed by atoms with Crippen molar-refractivity contribution >= 4 is 55.8 Å². The van der Waals surface area contributed by atoms with Gasteiger partial charge in [-0.3, -0.25) is 14.6 Å². The van der Waals surface area contributed by atoms with Gasteiger partial charge in [0.15, 0.2) is 11.7 Å². The highest BCUT2D eigenvalue weighted by atomic mass is 35.5. The Bertz CT molecular complexity index is 1100. The number of carbonyl (C=O) groups is 1. The van der Waals surface area contributed by atoms with Gasteiger partial charge in [-0.2, -0.15) is 0 Å². The predicted octanol–water partition coefficient (Wildman–Crippen LogP) is 5.30. The molecule has 9 heteroatoms. The van der Waals surface area contributed by atoms with E-state index in [1.54, 1.807) is 23.1 Å². The number of benzene rings is 2. The first kappa shape index (κ1) is 24.2. The summed E-state index contributed by atoms with van der Waals surface area (Å²) in [5.74, 6) is 0.275. The Morgan fingerprint density at radius 1 is 1.21 bits per heavy atom. The first-order valence-corrected chi connectivity index (χ1v) is 12.7. The van der Waals surface area contributed by atoms with Gasteiger partial charge in [0.2, 0.25) is 0 Å². The Balaban J connectivity index is 1.49. The highest BCUT2D eigenvalue weighted by molar-refractivity contribution is 7.22. The number of hydrogen-bond donors (Lipinski definition) is 0. The smallest absolute Gasteiger partial charge is 0.266 e. The normalized spacial score (nSPS) is 14.5. The van der Waals surface area contributed by atoms with E-state index in [-0.39, 0.29) is 12.5 Å². The molecule has 0 atom stereocenters. The van der Waals surface area contributed by atoms with Crippen molar-refractivity contribution in [3.05, 3.63) is 52.0 Å². The maximum Gasteiger partial charge on any atom is 0.266 e. The number of fused-ring (bicyclic) bond motifs is 1. The molecule has 0 N–H and O–H groups in total. The van der Waals surface area contributed by atoms with E-state index in [0.717, 1.165) is 55.9 Å². The molecular weight excluding hydrogens is 481 g/mol. The topological polar surface area (TPSA) is 54.9 Å².